The molecular formula is C19H14FN5O. The van der Waals surface area contributed by atoms with Gasteiger partial charge >= 0.3 is 0 Å². The van der Waals surface area contributed by atoms with Crippen molar-refractivity contribution in [1.29, 1.82) is 5.26 Å². The molecule has 2 aromatic carbocycles. The Balaban J connectivity index is 1.67. The highest BCUT2D eigenvalue weighted by atomic mass is 19.1. The van der Waals surface area contributed by atoms with Gasteiger partial charge < -0.3 is 10.6 Å². The highest BCUT2D eigenvalue weighted by Crippen LogP contribution is 2.12. The summed E-state index contributed by atoms with van der Waals surface area (Å²) in [5.41, 5.74) is 2.00. The summed E-state index contributed by atoms with van der Waals surface area (Å²) in [5, 5.41) is 14.6. The third-order valence-corrected chi connectivity index (χ3v) is 3.50. The second-order valence-corrected chi connectivity index (χ2v) is 5.39. The first-order valence-corrected chi connectivity index (χ1v) is 7.77. The standard InChI is InChI=1S/C19H14FN5O/c20-15-6-4-13(5-7-15)12-23-19-22-9-8-17(25-19)18(26)24-16-3-1-2-14(10-16)11-21/h1-10H,12H2,(H,24,26)(H,22,23,25). The fourth-order valence-corrected chi connectivity index (χ4v) is 2.22. The predicted molar refractivity (Wildman–Crippen MR) is 94.9 cm³/mol. The Morgan fingerprint density at radius 2 is 1.96 bits per heavy atom. The average Bonchev–Trinajstić information content (AvgIpc) is 2.68. The first kappa shape index (κ1) is 17.0. The van der Waals surface area contributed by atoms with Crippen LogP contribution in [0.25, 0.3) is 0 Å². The summed E-state index contributed by atoms with van der Waals surface area (Å²) in [6.45, 7) is 0.398. The molecule has 26 heavy (non-hydrogen) atoms. The summed E-state index contributed by atoms with van der Waals surface area (Å²) in [5.74, 6) is -0.427. The fraction of sp³-hybridized carbons (Fsp3) is 0.0526. The molecule has 0 aliphatic carbocycles. The number of hydrogen-bond acceptors (Lipinski definition) is 5. The molecule has 0 saturated carbocycles. The number of carbonyl (C=O) groups excluding carboxylic acids is 1. The fourth-order valence-electron chi connectivity index (χ4n) is 2.22. The molecule has 0 aliphatic heterocycles. The Morgan fingerprint density at radius 3 is 2.73 bits per heavy atom. The highest BCUT2D eigenvalue weighted by molar-refractivity contribution is 6.03. The zero-order valence-corrected chi connectivity index (χ0v) is 13.6. The number of halogens is 1. The van der Waals surface area contributed by atoms with Gasteiger partial charge in [-0.15, -0.1) is 0 Å². The van der Waals surface area contributed by atoms with Gasteiger partial charge in [-0.25, -0.2) is 14.4 Å². The number of anilines is 2. The number of carbonyl (C=O) groups is 1. The molecule has 0 saturated heterocycles. The molecule has 1 aromatic heterocycles. The lowest BCUT2D eigenvalue weighted by Gasteiger charge is -2.08. The minimum absolute atomic E-state index is 0.184. The van der Waals surface area contributed by atoms with E-state index in [1.807, 2.05) is 6.07 Å². The quantitative estimate of drug-likeness (QED) is 0.738. The van der Waals surface area contributed by atoms with E-state index in [1.165, 1.54) is 24.4 Å². The molecule has 0 fully saturated rings. The van der Waals surface area contributed by atoms with E-state index in [0.717, 1.165) is 5.56 Å². The molecule has 128 valence electrons. The van der Waals surface area contributed by atoms with Gasteiger partial charge in [-0.05, 0) is 42.0 Å². The van der Waals surface area contributed by atoms with Crippen LogP contribution in [0.2, 0.25) is 0 Å². The van der Waals surface area contributed by atoms with E-state index >= 15 is 0 Å². The molecule has 0 atom stereocenters. The molecule has 0 unspecified atom stereocenters. The largest absolute Gasteiger partial charge is 0.350 e. The van der Waals surface area contributed by atoms with Crippen LogP contribution in [0.5, 0.6) is 0 Å². The maximum Gasteiger partial charge on any atom is 0.274 e. The Morgan fingerprint density at radius 1 is 1.15 bits per heavy atom. The van der Waals surface area contributed by atoms with Crippen LogP contribution in [-0.2, 0) is 6.54 Å². The maximum atomic E-state index is 12.9. The number of aromatic nitrogens is 2. The topological polar surface area (TPSA) is 90.7 Å². The van der Waals surface area contributed by atoms with Gasteiger partial charge in [0, 0.05) is 18.4 Å². The normalized spacial score (nSPS) is 10.0. The van der Waals surface area contributed by atoms with Crippen molar-refractivity contribution < 1.29 is 9.18 Å². The highest BCUT2D eigenvalue weighted by Gasteiger charge is 2.09. The maximum absolute atomic E-state index is 12.9. The Kier molecular flexibility index (Phi) is 5.15. The molecule has 0 radical (unpaired) electrons. The average molecular weight is 347 g/mol. The lowest BCUT2D eigenvalue weighted by molar-refractivity contribution is 0.102. The van der Waals surface area contributed by atoms with Gasteiger partial charge in [-0.3, -0.25) is 4.79 Å². The molecule has 3 rings (SSSR count). The van der Waals surface area contributed by atoms with Gasteiger partial charge in [0.15, 0.2) is 0 Å². The summed E-state index contributed by atoms with van der Waals surface area (Å²) in [7, 11) is 0. The van der Waals surface area contributed by atoms with Crippen LogP contribution in [0.1, 0.15) is 21.6 Å². The molecule has 0 bridgehead atoms. The van der Waals surface area contributed by atoms with Crippen LogP contribution < -0.4 is 10.6 Å². The summed E-state index contributed by atoms with van der Waals surface area (Å²) in [6, 6.07) is 16.2. The van der Waals surface area contributed by atoms with Crippen LogP contribution in [0.15, 0.2) is 60.8 Å². The van der Waals surface area contributed by atoms with Crippen molar-refractivity contribution in [2.75, 3.05) is 10.6 Å². The first-order valence-electron chi connectivity index (χ1n) is 7.77. The van der Waals surface area contributed by atoms with Crippen molar-refractivity contribution in [3.05, 3.63) is 83.4 Å². The minimum Gasteiger partial charge on any atom is -0.350 e. The van der Waals surface area contributed by atoms with Crippen molar-refractivity contribution in [1.82, 2.24) is 9.97 Å². The Labute approximate surface area is 149 Å². The third-order valence-electron chi connectivity index (χ3n) is 3.50. The van der Waals surface area contributed by atoms with Crippen LogP contribution in [-0.4, -0.2) is 15.9 Å². The van der Waals surface area contributed by atoms with Gasteiger partial charge in [0.1, 0.15) is 11.5 Å². The van der Waals surface area contributed by atoms with Crippen molar-refractivity contribution >= 4 is 17.5 Å². The van der Waals surface area contributed by atoms with E-state index in [-0.39, 0.29) is 17.5 Å². The lowest BCUT2D eigenvalue weighted by Crippen LogP contribution is -2.15. The monoisotopic (exact) mass is 347 g/mol. The Hall–Kier alpha value is -3.79. The van der Waals surface area contributed by atoms with E-state index in [1.54, 1.807) is 36.4 Å². The van der Waals surface area contributed by atoms with Gasteiger partial charge in [0.2, 0.25) is 5.95 Å². The first-order chi connectivity index (χ1) is 12.6. The molecule has 6 nitrogen and oxygen atoms in total. The molecule has 2 N–H and O–H groups in total. The number of nitriles is 1. The number of benzene rings is 2. The number of nitrogens with zero attached hydrogens (tertiary/aromatic N) is 3. The van der Waals surface area contributed by atoms with Gasteiger partial charge in [-0.2, -0.15) is 5.26 Å². The molecule has 1 amide bonds. The number of nitrogens with one attached hydrogen (secondary N) is 2. The molecule has 3 aromatic rings. The van der Waals surface area contributed by atoms with E-state index in [4.69, 9.17) is 5.26 Å². The van der Waals surface area contributed by atoms with Crippen molar-refractivity contribution in [3.8, 4) is 6.07 Å². The summed E-state index contributed by atoms with van der Waals surface area (Å²) < 4.78 is 12.9. The van der Waals surface area contributed by atoms with E-state index in [9.17, 15) is 9.18 Å². The van der Waals surface area contributed by atoms with E-state index < -0.39 is 5.91 Å². The van der Waals surface area contributed by atoms with Crippen LogP contribution in [0.4, 0.5) is 16.0 Å². The zero-order chi connectivity index (χ0) is 18.4. The van der Waals surface area contributed by atoms with Gasteiger partial charge in [0.05, 0.1) is 11.6 Å². The number of rotatable bonds is 5. The van der Waals surface area contributed by atoms with Crippen LogP contribution in [0.3, 0.4) is 0 Å². The van der Waals surface area contributed by atoms with Crippen molar-refractivity contribution in [2.45, 2.75) is 6.54 Å². The van der Waals surface area contributed by atoms with Crippen LogP contribution >= 0.6 is 0 Å². The number of amides is 1. The Bertz CT molecular complexity index is 966. The second kappa shape index (κ2) is 7.85. The van der Waals surface area contributed by atoms with Crippen molar-refractivity contribution in [2.24, 2.45) is 0 Å². The predicted octanol–water partition coefficient (Wildman–Crippen LogP) is 3.35. The zero-order valence-electron chi connectivity index (χ0n) is 13.6. The molecule has 1 heterocycles. The molecule has 7 heteroatoms. The lowest BCUT2D eigenvalue weighted by atomic mass is 10.2. The van der Waals surface area contributed by atoms with E-state index in [0.29, 0.717) is 17.8 Å². The smallest absolute Gasteiger partial charge is 0.274 e. The van der Waals surface area contributed by atoms with Gasteiger partial charge in [0.25, 0.3) is 5.91 Å². The van der Waals surface area contributed by atoms with Crippen LogP contribution in [0, 0.1) is 17.1 Å². The van der Waals surface area contributed by atoms with E-state index in [2.05, 4.69) is 20.6 Å². The molecule has 0 spiro atoms. The summed E-state index contributed by atoms with van der Waals surface area (Å²) >= 11 is 0. The molecular weight excluding hydrogens is 333 g/mol. The van der Waals surface area contributed by atoms with Gasteiger partial charge in [-0.1, -0.05) is 18.2 Å². The SMILES string of the molecule is N#Cc1cccc(NC(=O)c2ccnc(NCc3ccc(F)cc3)n2)c1. The summed E-state index contributed by atoms with van der Waals surface area (Å²) in [4.78, 5) is 20.6. The third kappa shape index (κ3) is 4.39. The molecule has 0 aliphatic rings. The summed E-state index contributed by atoms with van der Waals surface area (Å²) in [6.07, 6.45) is 1.47. The minimum atomic E-state index is -0.410. The van der Waals surface area contributed by atoms with Crippen molar-refractivity contribution in [3.63, 3.8) is 0 Å². The number of hydrogen-bond donors (Lipinski definition) is 2. The second-order valence-electron chi connectivity index (χ2n) is 5.39.